The molecule has 0 radical (unpaired) electrons. The number of hydrogen-bond acceptors (Lipinski definition) is 3. The quantitative estimate of drug-likeness (QED) is 0.875. The first-order chi connectivity index (χ1) is 10.3. The van der Waals surface area contributed by atoms with Crippen LogP contribution in [-0.2, 0) is 9.53 Å². The van der Waals surface area contributed by atoms with E-state index in [2.05, 4.69) is 22.1 Å². The van der Waals surface area contributed by atoms with E-state index in [0.717, 1.165) is 5.56 Å². The predicted octanol–water partition coefficient (Wildman–Crippen LogP) is 2.46. The summed E-state index contributed by atoms with van der Waals surface area (Å²) in [6.45, 7) is 2.42. The van der Waals surface area contributed by atoms with E-state index in [1.165, 1.54) is 0 Å². The lowest BCUT2D eigenvalue weighted by atomic mass is 10.2. The van der Waals surface area contributed by atoms with Crippen LogP contribution in [0.3, 0.4) is 0 Å². The molecule has 0 aliphatic carbocycles. The third-order valence-electron chi connectivity index (χ3n) is 2.58. The summed E-state index contributed by atoms with van der Waals surface area (Å²) in [6, 6.07) is 12.9. The van der Waals surface area contributed by atoms with Gasteiger partial charge < -0.3 is 10.1 Å². The first kappa shape index (κ1) is 14.8. The van der Waals surface area contributed by atoms with Gasteiger partial charge in [-0.25, -0.2) is 4.98 Å². The van der Waals surface area contributed by atoms with Crippen LogP contribution in [-0.4, -0.2) is 24.1 Å². The molecule has 1 N–H and O–H groups in total. The highest BCUT2D eigenvalue weighted by Crippen LogP contribution is 2.09. The standard InChI is InChI=1S/C17H16N2O2/c1-2-21-13-17(20)19-16-8-5-6-14(12-16)9-10-15-7-3-4-11-18-15/h3-8,11-12H,2,13H2,1H3,(H,19,20). The van der Waals surface area contributed by atoms with E-state index in [0.29, 0.717) is 18.0 Å². The van der Waals surface area contributed by atoms with Crippen molar-refractivity contribution in [2.45, 2.75) is 6.92 Å². The Kier molecular flexibility index (Phi) is 5.50. The molecule has 0 unspecified atom stereocenters. The van der Waals surface area contributed by atoms with Crippen LogP contribution in [0.15, 0.2) is 48.7 Å². The Morgan fingerprint density at radius 3 is 2.90 bits per heavy atom. The summed E-state index contributed by atoms with van der Waals surface area (Å²) < 4.78 is 5.05. The zero-order chi connectivity index (χ0) is 14.9. The van der Waals surface area contributed by atoms with Crippen LogP contribution in [0, 0.1) is 11.8 Å². The van der Waals surface area contributed by atoms with E-state index in [1.807, 2.05) is 49.4 Å². The lowest BCUT2D eigenvalue weighted by molar-refractivity contribution is -0.120. The minimum Gasteiger partial charge on any atom is -0.372 e. The van der Waals surface area contributed by atoms with Gasteiger partial charge in [-0.2, -0.15) is 0 Å². The number of anilines is 1. The molecule has 0 atom stereocenters. The second kappa shape index (κ2) is 7.83. The third kappa shape index (κ3) is 5.09. The van der Waals surface area contributed by atoms with Crippen LogP contribution in [0.4, 0.5) is 5.69 Å². The molecule has 2 rings (SSSR count). The van der Waals surface area contributed by atoms with Gasteiger partial charge in [0.25, 0.3) is 0 Å². The summed E-state index contributed by atoms with van der Waals surface area (Å²) in [6.07, 6.45) is 1.70. The lowest BCUT2D eigenvalue weighted by Gasteiger charge is -2.05. The van der Waals surface area contributed by atoms with Crippen LogP contribution >= 0.6 is 0 Å². The number of nitrogens with zero attached hydrogens (tertiary/aromatic N) is 1. The smallest absolute Gasteiger partial charge is 0.250 e. The highest BCUT2D eigenvalue weighted by atomic mass is 16.5. The number of benzene rings is 1. The molecule has 0 fully saturated rings. The number of ether oxygens (including phenoxy) is 1. The van der Waals surface area contributed by atoms with Crippen molar-refractivity contribution in [2.24, 2.45) is 0 Å². The van der Waals surface area contributed by atoms with Crippen LogP contribution in [0.2, 0.25) is 0 Å². The van der Waals surface area contributed by atoms with Gasteiger partial charge in [-0.1, -0.05) is 18.1 Å². The molecule has 106 valence electrons. The Morgan fingerprint density at radius 1 is 1.24 bits per heavy atom. The number of rotatable bonds is 4. The van der Waals surface area contributed by atoms with Crippen molar-refractivity contribution in [3.05, 3.63) is 59.9 Å². The van der Waals surface area contributed by atoms with Crippen molar-refractivity contribution in [2.75, 3.05) is 18.5 Å². The third-order valence-corrected chi connectivity index (χ3v) is 2.58. The fraction of sp³-hybridized carbons (Fsp3) is 0.176. The number of pyridine rings is 1. The number of carbonyl (C=O) groups is 1. The first-order valence-corrected chi connectivity index (χ1v) is 6.68. The summed E-state index contributed by atoms with van der Waals surface area (Å²) in [5.74, 6) is 5.83. The van der Waals surface area contributed by atoms with E-state index < -0.39 is 0 Å². The van der Waals surface area contributed by atoms with E-state index >= 15 is 0 Å². The lowest BCUT2D eigenvalue weighted by Crippen LogP contribution is -2.18. The van der Waals surface area contributed by atoms with Crippen molar-refractivity contribution in [3.63, 3.8) is 0 Å². The molecule has 0 saturated heterocycles. The number of amides is 1. The Balaban J connectivity index is 2.05. The number of carbonyl (C=O) groups excluding carboxylic acids is 1. The maximum atomic E-state index is 11.6. The van der Waals surface area contributed by atoms with Gasteiger partial charge in [0.15, 0.2) is 0 Å². The van der Waals surface area contributed by atoms with Crippen molar-refractivity contribution in [3.8, 4) is 11.8 Å². The SMILES string of the molecule is CCOCC(=O)Nc1cccc(C#Cc2ccccn2)c1. The molecule has 21 heavy (non-hydrogen) atoms. The summed E-state index contributed by atoms with van der Waals surface area (Å²) in [5, 5.41) is 2.77. The molecular weight excluding hydrogens is 264 g/mol. The van der Waals surface area contributed by atoms with Crippen LogP contribution in [0.1, 0.15) is 18.2 Å². The normalized spacial score (nSPS) is 9.57. The molecule has 1 aromatic carbocycles. The van der Waals surface area contributed by atoms with Crippen LogP contribution < -0.4 is 5.32 Å². The van der Waals surface area contributed by atoms with Gasteiger partial charge in [-0.15, -0.1) is 0 Å². The molecule has 1 heterocycles. The fourth-order valence-corrected chi connectivity index (χ4v) is 1.64. The Hall–Kier alpha value is -2.64. The molecular formula is C17H16N2O2. The second-order valence-corrected chi connectivity index (χ2v) is 4.23. The van der Waals surface area contributed by atoms with Gasteiger partial charge in [0.05, 0.1) is 0 Å². The summed E-state index contributed by atoms with van der Waals surface area (Å²) in [4.78, 5) is 15.7. The number of aromatic nitrogens is 1. The molecule has 0 aliphatic rings. The van der Waals surface area contributed by atoms with Crippen molar-refractivity contribution >= 4 is 11.6 Å². The Bertz CT molecular complexity index is 657. The van der Waals surface area contributed by atoms with Gasteiger partial charge in [-0.05, 0) is 43.2 Å². The van der Waals surface area contributed by atoms with E-state index in [1.54, 1.807) is 6.20 Å². The van der Waals surface area contributed by atoms with Gasteiger partial charge >= 0.3 is 0 Å². The average molecular weight is 280 g/mol. The summed E-state index contributed by atoms with van der Waals surface area (Å²) in [5.41, 5.74) is 2.23. The topological polar surface area (TPSA) is 51.2 Å². The van der Waals surface area contributed by atoms with Crippen molar-refractivity contribution < 1.29 is 9.53 Å². The molecule has 0 aliphatic heterocycles. The van der Waals surface area contributed by atoms with E-state index in [9.17, 15) is 4.79 Å². The van der Waals surface area contributed by atoms with Gasteiger partial charge in [0.2, 0.25) is 5.91 Å². The van der Waals surface area contributed by atoms with Crippen LogP contribution in [0.5, 0.6) is 0 Å². The number of hydrogen-bond donors (Lipinski definition) is 1. The van der Waals surface area contributed by atoms with Crippen LogP contribution in [0.25, 0.3) is 0 Å². The van der Waals surface area contributed by atoms with Gasteiger partial charge in [-0.3, -0.25) is 4.79 Å². The molecule has 0 spiro atoms. The zero-order valence-corrected chi connectivity index (χ0v) is 11.8. The predicted molar refractivity (Wildman–Crippen MR) is 81.8 cm³/mol. The molecule has 1 aromatic heterocycles. The zero-order valence-electron chi connectivity index (χ0n) is 11.8. The molecule has 0 saturated carbocycles. The maximum Gasteiger partial charge on any atom is 0.250 e. The molecule has 2 aromatic rings. The fourth-order valence-electron chi connectivity index (χ4n) is 1.64. The van der Waals surface area contributed by atoms with Gasteiger partial charge in [0, 0.05) is 24.1 Å². The summed E-state index contributed by atoms with van der Waals surface area (Å²) >= 11 is 0. The molecule has 0 bridgehead atoms. The minimum absolute atomic E-state index is 0.0559. The largest absolute Gasteiger partial charge is 0.372 e. The van der Waals surface area contributed by atoms with E-state index in [-0.39, 0.29) is 12.5 Å². The van der Waals surface area contributed by atoms with E-state index in [4.69, 9.17) is 4.74 Å². The second-order valence-electron chi connectivity index (χ2n) is 4.23. The monoisotopic (exact) mass is 280 g/mol. The highest BCUT2D eigenvalue weighted by Gasteiger charge is 2.01. The maximum absolute atomic E-state index is 11.6. The van der Waals surface area contributed by atoms with Gasteiger partial charge in [0.1, 0.15) is 12.3 Å². The minimum atomic E-state index is -0.174. The van der Waals surface area contributed by atoms with Crippen molar-refractivity contribution in [1.29, 1.82) is 0 Å². The summed E-state index contributed by atoms with van der Waals surface area (Å²) in [7, 11) is 0. The molecule has 4 nitrogen and oxygen atoms in total. The Morgan fingerprint density at radius 2 is 2.14 bits per heavy atom. The first-order valence-electron chi connectivity index (χ1n) is 6.68. The molecule has 1 amide bonds. The highest BCUT2D eigenvalue weighted by molar-refractivity contribution is 5.91. The Labute approximate surface area is 124 Å². The van der Waals surface area contributed by atoms with Crippen molar-refractivity contribution in [1.82, 2.24) is 4.98 Å². The molecule has 4 heteroatoms. The number of nitrogens with one attached hydrogen (secondary N) is 1. The average Bonchev–Trinajstić information content (AvgIpc) is 2.52.